The normalized spacial score (nSPS) is 23.9. The van der Waals surface area contributed by atoms with Gasteiger partial charge in [-0.3, -0.25) is 4.79 Å². The molecule has 1 amide bonds. The highest BCUT2D eigenvalue weighted by molar-refractivity contribution is 9.11. The van der Waals surface area contributed by atoms with Crippen molar-refractivity contribution in [2.24, 2.45) is 0 Å². The maximum Gasteiger partial charge on any atom is 0.254 e. The van der Waals surface area contributed by atoms with Crippen LogP contribution in [0.15, 0.2) is 15.2 Å². The van der Waals surface area contributed by atoms with Gasteiger partial charge in [0, 0.05) is 24.5 Å². The number of nitrogens with zero attached hydrogens (tertiary/aromatic N) is 1. The average Bonchev–Trinajstić information content (AvgIpc) is 2.84. The lowest BCUT2D eigenvalue weighted by atomic mass is 9.90. The summed E-state index contributed by atoms with van der Waals surface area (Å²) in [6.45, 7) is 0. The van der Waals surface area contributed by atoms with E-state index in [9.17, 15) is 4.79 Å². The zero-order valence-corrected chi connectivity index (χ0v) is 13.2. The summed E-state index contributed by atoms with van der Waals surface area (Å²) in [7, 11) is 3.95. The fraction of sp³-hybridized carbons (Fsp3) is 0.615. The van der Waals surface area contributed by atoms with E-state index in [1.54, 1.807) is 11.3 Å². The van der Waals surface area contributed by atoms with Gasteiger partial charge in [-0.2, -0.15) is 0 Å². The second-order valence-corrected chi connectivity index (χ2v) is 7.14. The number of carbonyl (C=O) groups is 1. The van der Waals surface area contributed by atoms with Gasteiger partial charge in [0.25, 0.3) is 5.91 Å². The van der Waals surface area contributed by atoms with Crippen molar-refractivity contribution in [2.75, 3.05) is 14.1 Å². The van der Waals surface area contributed by atoms with Crippen LogP contribution in [-0.2, 0) is 0 Å². The molecule has 1 N–H and O–H groups in total. The molecule has 0 atom stereocenters. The second kappa shape index (κ2) is 6.17. The molecule has 3 nitrogen and oxygen atoms in total. The maximum absolute atomic E-state index is 12.3. The molecule has 0 saturated heterocycles. The lowest BCUT2D eigenvalue weighted by Gasteiger charge is -2.34. The minimum absolute atomic E-state index is 0.143. The largest absolute Gasteiger partial charge is 0.339 e. The number of thiophene rings is 1. The van der Waals surface area contributed by atoms with Gasteiger partial charge in [-0.1, -0.05) is 0 Å². The first-order valence-electron chi connectivity index (χ1n) is 6.30. The van der Waals surface area contributed by atoms with Crippen molar-refractivity contribution in [3.63, 3.8) is 0 Å². The molecule has 1 fully saturated rings. The van der Waals surface area contributed by atoms with E-state index in [4.69, 9.17) is 0 Å². The minimum atomic E-state index is 0.143. The molecule has 100 valence electrons. The molecule has 0 spiro atoms. The van der Waals surface area contributed by atoms with Gasteiger partial charge in [-0.15, -0.1) is 11.3 Å². The predicted octanol–water partition coefficient (Wildman–Crippen LogP) is 3.11. The highest BCUT2D eigenvalue weighted by atomic mass is 79.9. The molecule has 0 aromatic carbocycles. The van der Waals surface area contributed by atoms with Crippen LogP contribution in [0.3, 0.4) is 0 Å². The third-order valence-electron chi connectivity index (χ3n) is 3.79. The van der Waals surface area contributed by atoms with Crippen molar-refractivity contribution in [1.29, 1.82) is 0 Å². The van der Waals surface area contributed by atoms with Gasteiger partial charge in [0.05, 0.1) is 9.35 Å². The Morgan fingerprint density at radius 1 is 1.44 bits per heavy atom. The fourth-order valence-corrected chi connectivity index (χ4v) is 3.67. The molecule has 0 bridgehead atoms. The van der Waals surface area contributed by atoms with E-state index < -0.39 is 0 Å². The van der Waals surface area contributed by atoms with Crippen molar-refractivity contribution in [2.45, 2.75) is 37.8 Å². The van der Waals surface area contributed by atoms with Crippen LogP contribution in [0.2, 0.25) is 0 Å². The molecule has 18 heavy (non-hydrogen) atoms. The lowest BCUT2D eigenvalue weighted by Crippen LogP contribution is -2.42. The molecule has 0 radical (unpaired) electrons. The second-order valence-electron chi connectivity index (χ2n) is 4.85. The van der Waals surface area contributed by atoms with Crippen LogP contribution in [0.4, 0.5) is 0 Å². The highest BCUT2D eigenvalue weighted by Gasteiger charge is 2.26. The molecular weight excluding hydrogens is 312 g/mol. The number of halogens is 1. The highest BCUT2D eigenvalue weighted by Crippen LogP contribution is 2.26. The molecule has 1 saturated carbocycles. The van der Waals surface area contributed by atoms with Crippen molar-refractivity contribution in [1.82, 2.24) is 10.2 Å². The summed E-state index contributed by atoms with van der Waals surface area (Å²) in [5.74, 6) is 0.143. The summed E-state index contributed by atoms with van der Waals surface area (Å²) >= 11 is 4.96. The average molecular weight is 331 g/mol. The number of hydrogen-bond acceptors (Lipinski definition) is 3. The van der Waals surface area contributed by atoms with E-state index in [0.29, 0.717) is 12.1 Å². The number of rotatable bonds is 3. The predicted molar refractivity (Wildman–Crippen MR) is 79.2 cm³/mol. The van der Waals surface area contributed by atoms with Crippen LogP contribution in [0.1, 0.15) is 36.0 Å². The van der Waals surface area contributed by atoms with Crippen LogP contribution >= 0.6 is 27.3 Å². The Hall–Kier alpha value is -0.390. The minimum Gasteiger partial charge on any atom is -0.339 e. The Bertz CT molecular complexity index is 413. The van der Waals surface area contributed by atoms with E-state index in [0.717, 1.165) is 35.0 Å². The summed E-state index contributed by atoms with van der Waals surface area (Å²) in [6.07, 6.45) is 4.51. The van der Waals surface area contributed by atoms with Gasteiger partial charge in [0.2, 0.25) is 0 Å². The Balaban J connectivity index is 1.95. The van der Waals surface area contributed by atoms with Crippen LogP contribution in [-0.4, -0.2) is 37.0 Å². The molecule has 1 aliphatic rings. The maximum atomic E-state index is 12.3. The zero-order chi connectivity index (χ0) is 13.1. The Kier molecular flexibility index (Phi) is 4.81. The molecule has 0 unspecified atom stereocenters. The summed E-state index contributed by atoms with van der Waals surface area (Å²) in [4.78, 5) is 14.2. The van der Waals surface area contributed by atoms with E-state index in [1.165, 1.54) is 0 Å². The van der Waals surface area contributed by atoms with Crippen LogP contribution in [0.25, 0.3) is 0 Å². The summed E-state index contributed by atoms with van der Waals surface area (Å²) in [5.41, 5.74) is 0.796. The first-order valence-corrected chi connectivity index (χ1v) is 7.97. The van der Waals surface area contributed by atoms with Crippen molar-refractivity contribution in [3.05, 3.63) is 20.8 Å². The Morgan fingerprint density at radius 2 is 2.11 bits per heavy atom. The van der Waals surface area contributed by atoms with Gasteiger partial charge in [0.15, 0.2) is 0 Å². The number of nitrogens with one attached hydrogen (secondary N) is 1. The number of carbonyl (C=O) groups excluding carboxylic acids is 1. The van der Waals surface area contributed by atoms with Crippen molar-refractivity contribution >= 4 is 33.2 Å². The molecular formula is C13H19BrN2OS. The van der Waals surface area contributed by atoms with Crippen molar-refractivity contribution < 1.29 is 4.79 Å². The zero-order valence-electron chi connectivity index (χ0n) is 10.8. The quantitative estimate of drug-likeness (QED) is 0.923. The molecule has 0 aliphatic heterocycles. The first kappa shape index (κ1) is 14.0. The third-order valence-corrected chi connectivity index (χ3v) is 5.29. The van der Waals surface area contributed by atoms with Gasteiger partial charge in [0.1, 0.15) is 0 Å². The number of hydrogen-bond donors (Lipinski definition) is 1. The van der Waals surface area contributed by atoms with Crippen molar-refractivity contribution in [3.8, 4) is 0 Å². The number of amides is 1. The molecule has 2 rings (SSSR count). The Labute approximate surface area is 121 Å². The summed E-state index contributed by atoms with van der Waals surface area (Å²) in [5, 5.41) is 5.24. The van der Waals surface area contributed by atoms with Crippen LogP contribution in [0.5, 0.6) is 0 Å². The van der Waals surface area contributed by atoms with Gasteiger partial charge >= 0.3 is 0 Å². The molecule has 5 heteroatoms. The van der Waals surface area contributed by atoms with Gasteiger partial charge < -0.3 is 10.2 Å². The van der Waals surface area contributed by atoms with E-state index in [-0.39, 0.29) is 5.91 Å². The smallest absolute Gasteiger partial charge is 0.254 e. The van der Waals surface area contributed by atoms with E-state index in [1.807, 2.05) is 30.4 Å². The monoisotopic (exact) mass is 330 g/mol. The molecule has 1 aliphatic carbocycles. The van der Waals surface area contributed by atoms with Crippen LogP contribution in [0, 0.1) is 0 Å². The molecule has 1 aromatic rings. The summed E-state index contributed by atoms with van der Waals surface area (Å²) in [6, 6.07) is 2.92. The summed E-state index contributed by atoms with van der Waals surface area (Å²) < 4.78 is 1.01. The fourth-order valence-electron chi connectivity index (χ4n) is 2.54. The standard InChI is InChI=1S/C13H19BrN2OS/c1-15-10-3-5-11(6-4-10)16(2)13(17)9-7-12(14)18-8-9/h7-8,10-11,15H,3-6H2,1-2H3. The first-order chi connectivity index (χ1) is 8.61. The van der Waals surface area contributed by atoms with Gasteiger partial charge in [-0.25, -0.2) is 0 Å². The molecule has 1 aromatic heterocycles. The Morgan fingerprint density at radius 3 is 2.61 bits per heavy atom. The lowest BCUT2D eigenvalue weighted by molar-refractivity contribution is 0.0686. The third kappa shape index (κ3) is 3.13. The van der Waals surface area contributed by atoms with Gasteiger partial charge in [-0.05, 0) is 54.7 Å². The van der Waals surface area contributed by atoms with E-state index >= 15 is 0 Å². The molecule has 1 heterocycles. The SMILES string of the molecule is CNC1CCC(N(C)C(=O)c2csc(Br)c2)CC1. The van der Waals surface area contributed by atoms with Crippen LogP contribution < -0.4 is 5.32 Å². The van der Waals surface area contributed by atoms with E-state index in [2.05, 4.69) is 21.2 Å². The topological polar surface area (TPSA) is 32.3 Å².